The van der Waals surface area contributed by atoms with E-state index in [1.807, 2.05) is 58.9 Å². The standard InChI is InChI=1S/C20H23N3O2S2/c1-11(2)23-19(25)17-13(4)14(5)27-18(17)22-20(23)26-10-16(24)21-15-8-6-7-12(3)9-15/h6-9,11H,10H2,1-5H3,(H,21,24). The van der Waals surface area contributed by atoms with Crippen molar-refractivity contribution in [3.8, 4) is 0 Å². The second-order valence-electron chi connectivity index (χ2n) is 6.83. The van der Waals surface area contributed by atoms with Crippen LogP contribution in [-0.2, 0) is 4.79 Å². The first kappa shape index (κ1) is 19.6. The highest BCUT2D eigenvalue weighted by atomic mass is 32.2. The minimum atomic E-state index is -0.117. The third-order valence-electron chi connectivity index (χ3n) is 4.35. The van der Waals surface area contributed by atoms with Crippen LogP contribution in [0.3, 0.4) is 0 Å². The molecule has 1 N–H and O–H groups in total. The molecule has 1 amide bonds. The lowest BCUT2D eigenvalue weighted by Crippen LogP contribution is -2.25. The number of carbonyl (C=O) groups is 1. The number of hydrogen-bond donors (Lipinski definition) is 1. The van der Waals surface area contributed by atoms with Crippen LogP contribution in [0.2, 0.25) is 0 Å². The topological polar surface area (TPSA) is 64.0 Å². The van der Waals surface area contributed by atoms with Gasteiger partial charge in [0.25, 0.3) is 5.56 Å². The van der Waals surface area contributed by atoms with E-state index in [0.717, 1.165) is 26.5 Å². The summed E-state index contributed by atoms with van der Waals surface area (Å²) in [4.78, 5) is 31.9. The molecule has 0 aliphatic heterocycles. The maximum Gasteiger partial charge on any atom is 0.263 e. The zero-order valence-corrected chi connectivity index (χ0v) is 17.8. The summed E-state index contributed by atoms with van der Waals surface area (Å²) < 4.78 is 1.69. The van der Waals surface area contributed by atoms with E-state index in [4.69, 9.17) is 4.98 Å². The molecule has 3 rings (SSSR count). The number of nitrogens with zero attached hydrogens (tertiary/aromatic N) is 2. The molecule has 142 valence electrons. The molecule has 7 heteroatoms. The van der Waals surface area contributed by atoms with Crippen molar-refractivity contribution in [3.63, 3.8) is 0 Å². The summed E-state index contributed by atoms with van der Waals surface area (Å²) in [6, 6.07) is 7.65. The first-order chi connectivity index (χ1) is 12.8. The number of anilines is 1. The summed E-state index contributed by atoms with van der Waals surface area (Å²) in [5.74, 6) is 0.0795. The van der Waals surface area contributed by atoms with Gasteiger partial charge < -0.3 is 5.32 Å². The number of benzene rings is 1. The molecule has 1 aromatic carbocycles. The molecule has 3 aromatic rings. The fourth-order valence-electron chi connectivity index (χ4n) is 2.89. The second-order valence-corrected chi connectivity index (χ2v) is 8.98. The Kier molecular flexibility index (Phi) is 5.72. The van der Waals surface area contributed by atoms with Gasteiger partial charge in [0.2, 0.25) is 5.91 Å². The molecule has 0 bridgehead atoms. The van der Waals surface area contributed by atoms with Gasteiger partial charge in [-0.1, -0.05) is 23.9 Å². The first-order valence-electron chi connectivity index (χ1n) is 8.79. The van der Waals surface area contributed by atoms with Crippen LogP contribution in [0, 0.1) is 20.8 Å². The van der Waals surface area contributed by atoms with Crippen molar-refractivity contribution in [2.45, 2.75) is 45.8 Å². The number of nitrogens with one attached hydrogen (secondary N) is 1. The average molecular weight is 402 g/mol. The minimum Gasteiger partial charge on any atom is -0.325 e. The summed E-state index contributed by atoms with van der Waals surface area (Å²) in [7, 11) is 0. The summed E-state index contributed by atoms with van der Waals surface area (Å²) in [6.07, 6.45) is 0. The Balaban J connectivity index is 1.87. The summed E-state index contributed by atoms with van der Waals surface area (Å²) in [5.41, 5.74) is 2.83. The van der Waals surface area contributed by atoms with E-state index in [2.05, 4.69) is 5.32 Å². The van der Waals surface area contributed by atoms with Gasteiger partial charge in [-0.3, -0.25) is 14.2 Å². The lowest BCUT2D eigenvalue weighted by molar-refractivity contribution is -0.113. The third-order valence-corrected chi connectivity index (χ3v) is 6.41. The van der Waals surface area contributed by atoms with Crippen molar-refractivity contribution in [2.75, 3.05) is 11.1 Å². The Morgan fingerprint density at radius 2 is 2.04 bits per heavy atom. The Labute approximate surface area is 166 Å². The van der Waals surface area contributed by atoms with Crippen LogP contribution < -0.4 is 10.9 Å². The normalized spacial score (nSPS) is 11.3. The largest absolute Gasteiger partial charge is 0.325 e. The predicted octanol–water partition coefficient (Wildman–Crippen LogP) is 4.69. The van der Waals surface area contributed by atoms with Crippen LogP contribution >= 0.6 is 23.1 Å². The van der Waals surface area contributed by atoms with Crippen molar-refractivity contribution in [1.29, 1.82) is 0 Å². The number of hydrogen-bond acceptors (Lipinski definition) is 5. The van der Waals surface area contributed by atoms with E-state index in [9.17, 15) is 9.59 Å². The molecule has 0 saturated carbocycles. The number of aryl methyl sites for hydroxylation is 3. The van der Waals surface area contributed by atoms with Gasteiger partial charge in [0, 0.05) is 16.6 Å². The number of amides is 1. The number of thioether (sulfide) groups is 1. The van der Waals surface area contributed by atoms with E-state index in [-0.39, 0.29) is 23.3 Å². The molecule has 27 heavy (non-hydrogen) atoms. The summed E-state index contributed by atoms with van der Waals surface area (Å²) in [5, 5.41) is 4.17. The van der Waals surface area contributed by atoms with E-state index < -0.39 is 0 Å². The fourth-order valence-corrected chi connectivity index (χ4v) is 4.89. The van der Waals surface area contributed by atoms with Gasteiger partial charge in [-0.25, -0.2) is 4.98 Å². The molecular weight excluding hydrogens is 378 g/mol. The number of carbonyl (C=O) groups excluding carboxylic acids is 1. The maximum absolute atomic E-state index is 13.0. The van der Waals surface area contributed by atoms with Gasteiger partial charge in [0.1, 0.15) is 4.83 Å². The van der Waals surface area contributed by atoms with Crippen LogP contribution in [0.5, 0.6) is 0 Å². The van der Waals surface area contributed by atoms with Gasteiger partial charge >= 0.3 is 0 Å². The lowest BCUT2D eigenvalue weighted by Gasteiger charge is -2.15. The van der Waals surface area contributed by atoms with Gasteiger partial charge in [0.05, 0.1) is 11.1 Å². The van der Waals surface area contributed by atoms with Gasteiger partial charge in [-0.05, 0) is 57.9 Å². The number of fused-ring (bicyclic) bond motifs is 1. The molecule has 0 atom stereocenters. The van der Waals surface area contributed by atoms with Crippen molar-refractivity contribution in [3.05, 3.63) is 50.6 Å². The molecule has 0 saturated heterocycles. The second kappa shape index (κ2) is 7.86. The highest BCUT2D eigenvalue weighted by Crippen LogP contribution is 2.29. The first-order valence-corrected chi connectivity index (χ1v) is 10.6. The van der Waals surface area contributed by atoms with E-state index >= 15 is 0 Å². The fraction of sp³-hybridized carbons (Fsp3) is 0.350. The van der Waals surface area contributed by atoms with E-state index in [1.165, 1.54) is 23.1 Å². The van der Waals surface area contributed by atoms with Crippen molar-refractivity contribution < 1.29 is 4.79 Å². The van der Waals surface area contributed by atoms with Crippen LogP contribution in [0.1, 0.15) is 35.9 Å². The number of rotatable bonds is 5. The lowest BCUT2D eigenvalue weighted by atomic mass is 10.2. The average Bonchev–Trinajstić information content (AvgIpc) is 2.87. The highest BCUT2D eigenvalue weighted by molar-refractivity contribution is 7.99. The zero-order chi connectivity index (χ0) is 19.7. The maximum atomic E-state index is 13.0. The Morgan fingerprint density at radius 3 is 2.70 bits per heavy atom. The van der Waals surface area contributed by atoms with Crippen LogP contribution in [-0.4, -0.2) is 21.2 Å². The summed E-state index contributed by atoms with van der Waals surface area (Å²) in [6.45, 7) is 9.86. The highest BCUT2D eigenvalue weighted by Gasteiger charge is 2.19. The van der Waals surface area contributed by atoms with Crippen LogP contribution in [0.15, 0.2) is 34.2 Å². The van der Waals surface area contributed by atoms with Crippen LogP contribution in [0.4, 0.5) is 5.69 Å². The molecular formula is C20H23N3O2S2. The molecule has 2 aromatic heterocycles. The Bertz CT molecular complexity index is 1070. The SMILES string of the molecule is Cc1cccc(NC(=O)CSc2nc3sc(C)c(C)c3c(=O)n2C(C)C)c1. The summed E-state index contributed by atoms with van der Waals surface area (Å²) >= 11 is 2.83. The molecule has 0 spiro atoms. The van der Waals surface area contributed by atoms with Crippen molar-refractivity contribution in [1.82, 2.24) is 9.55 Å². The molecule has 0 aliphatic carbocycles. The molecule has 0 radical (unpaired) electrons. The minimum absolute atomic E-state index is 0.0292. The number of thiophene rings is 1. The molecule has 2 heterocycles. The molecule has 5 nitrogen and oxygen atoms in total. The van der Waals surface area contributed by atoms with E-state index in [0.29, 0.717) is 10.5 Å². The quantitative estimate of drug-likeness (QED) is 0.497. The Hall–Kier alpha value is -2.12. The van der Waals surface area contributed by atoms with Crippen LogP contribution in [0.25, 0.3) is 10.2 Å². The van der Waals surface area contributed by atoms with Crippen molar-refractivity contribution >= 4 is 44.9 Å². The van der Waals surface area contributed by atoms with Gasteiger partial charge in [-0.15, -0.1) is 11.3 Å². The molecule has 0 aliphatic rings. The van der Waals surface area contributed by atoms with Crippen molar-refractivity contribution in [2.24, 2.45) is 0 Å². The molecule has 0 unspecified atom stereocenters. The smallest absolute Gasteiger partial charge is 0.263 e. The monoisotopic (exact) mass is 401 g/mol. The predicted molar refractivity (Wildman–Crippen MR) is 114 cm³/mol. The van der Waals surface area contributed by atoms with E-state index in [1.54, 1.807) is 4.57 Å². The van der Waals surface area contributed by atoms with Gasteiger partial charge in [0.15, 0.2) is 5.16 Å². The Morgan fingerprint density at radius 1 is 1.30 bits per heavy atom. The molecule has 0 fully saturated rings. The third kappa shape index (κ3) is 4.09. The zero-order valence-electron chi connectivity index (χ0n) is 16.1. The number of aromatic nitrogens is 2. The van der Waals surface area contributed by atoms with Gasteiger partial charge in [-0.2, -0.15) is 0 Å².